The summed E-state index contributed by atoms with van der Waals surface area (Å²) in [7, 11) is 3.19. The summed E-state index contributed by atoms with van der Waals surface area (Å²) in [5.41, 5.74) is 13.2. The van der Waals surface area contributed by atoms with Gasteiger partial charge in [-0.1, -0.05) is 13.3 Å². The van der Waals surface area contributed by atoms with Crippen molar-refractivity contribution in [1.82, 2.24) is 9.97 Å². The molecule has 7 nitrogen and oxygen atoms in total. The standard InChI is InChI=1S/C17H23BrN4O3/c1-4-5-6-25-14-12(23-2)8-10(13(18)15(14)24-3)7-11-9-21-17(20)22-16(11)19/h8-9H,4-7H2,1-3H3,(H4,19,20,21,22). The van der Waals surface area contributed by atoms with E-state index in [-0.39, 0.29) is 5.95 Å². The summed E-state index contributed by atoms with van der Waals surface area (Å²) in [5.74, 6) is 2.26. The molecule has 0 fully saturated rings. The number of methoxy groups -OCH3 is 2. The molecule has 1 aromatic carbocycles. The maximum atomic E-state index is 5.94. The summed E-state index contributed by atoms with van der Waals surface area (Å²) in [6.45, 7) is 2.70. The molecule has 0 saturated carbocycles. The highest BCUT2D eigenvalue weighted by atomic mass is 79.9. The number of hydrogen-bond acceptors (Lipinski definition) is 7. The van der Waals surface area contributed by atoms with Gasteiger partial charge in [-0.05, 0) is 34.0 Å². The molecule has 1 aromatic heterocycles. The van der Waals surface area contributed by atoms with E-state index in [4.69, 9.17) is 25.7 Å². The molecule has 0 aliphatic carbocycles. The molecule has 2 aromatic rings. The Morgan fingerprint density at radius 2 is 1.88 bits per heavy atom. The van der Waals surface area contributed by atoms with Gasteiger partial charge in [0, 0.05) is 18.2 Å². The van der Waals surface area contributed by atoms with Gasteiger partial charge in [0.2, 0.25) is 11.7 Å². The largest absolute Gasteiger partial charge is 0.493 e. The van der Waals surface area contributed by atoms with Gasteiger partial charge < -0.3 is 25.7 Å². The average Bonchev–Trinajstić information content (AvgIpc) is 2.59. The van der Waals surface area contributed by atoms with E-state index in [2.05, 4.69) is 32.8 Å². The minimum absolute atomic E-state index is 0.148. The second-order valence-electron chi connectivity index (χ2n) is 5.43. The Hall–Kier alpha value is -2.22. The predicted octanol–water partition coefficient (Wildman–Crippen LogP) is 3.19. The zero-order chi connectivity index (χ0) is 18.4. The molecule has 0 saturated heterocycles. The van der Waals surface area contributed by atoms with E-state index in [1.54, 1.807) is 20.4 Å². The molecule has 0 atom stereocenters. The van der Waals surface area contributed by atoms with Crippen LogP contribution in [0.4, 0.5) is 11.8 Å². The SMILES string of the molecule is CCCCOc1c(OC)cc(Cc2cnc(N)nc2N)c(Br)c1OC. The lowest BCUT2D eigenvalue weighted by Crippen LogP contribution is -2.06. The van der Waals surface area contributed by atoms with E-state index in [1.165, 1.54) is 0 Å². The van der Waals surface area contributed by atoms with Gasteiger partial charge in [0.05, 0.1) is 25.3 Å². The predicted molar refractivity (Wildman–Crippen MR) is 101 cm³/mol. The van der Waals surface area contributed by atoms with Gasteiger partial charge in [0.15, 0.2) is 11.5 Å². The maximum Gasteiger partial charge on any atom is 0.221 e. The molecule has 136 valence electrons. The number of halogens is 1. The smallest absolute Gasteiger partial charge is 0.221 e. The van der Waals surface area contributed by atoms with Crippen LogP contribution in [0.15, 0.2) is 16.7 Å². The highest BCUT2D eigenvalue weighted by Gasteiger charge is 2.20. The molecule has 0 radical (unpaired) electrons. The summed E-state index contributed by atoms with van der Waals surface area (Å²) in [6.07, 6.45) is 4.11. The number of benzene rings is 1. The van der Waals surface area contributed by atoms with Crippen LogP contribution in [0.3, 0.4) is 0 Å². The third-order valence-electron chi connectivity index (χ3n) is 3.68. The Labute approximate surface area is 155 Å². The third-order valence-corrected chi connectivity index (χ3v) is 4.55. The minimum Gasteiger partial charge on any atom is -0.493 e. The van der Waals surface area contributed by atoms with E-state index >= 15 is 0 Å². The molecule has 0 unspecified atom stereocenters. The van der Waals surface area contributed by atoms with E-state index in [0.717, 1.165) is 28.4 Å². The molecule has 8 heteroatoms. The molecule has 0 amide bonds. The van der Waals surface area contributed by atoms with Crippen LogP contribution >= 0.6 is 15.9 Å². The fourth-order valence-electron chi connectivity index (χ4n) is 2.34. The lowest BCUT2D eigenvalue weighted by molar-refractivity contribution is 0.269. The summed E-state index contributed by atoms with van der Waals surface area (Å²) in [4.78, 5) is 8.00. The minimum atomic E-state index is 0.148. The average molecular weight is 411 g/mol. The Balaban J connectivity index is 2.41. The first-order chi connectivity index (χ1) is 12.0. The normalized spacial score (nSPS) is 10.6. The molecular weight excluding hydrogens is 388 g/mol. The van der Waals surface area contributed by atoms with Gasteiger partial charge in [-0.15, -0.1) is 0 Å². The van der Waals surface area contributed by atoms with Crippen LogP contribution < -0.4 is 25.7 Å². The number of anilines is 2. The quantitative estimate of drug-likeness (QED) is 0.643. The Kier molecular flexibility index (Phi) is 6.69. The van der Waals surface area contributed by atoms with Crippen molar-refractivity contribution >= 4 is 27.7 Å². The van der Waals surface area contributed by atoms with Gasteiger partial charge in [0.25, 0.3) is 0 Å². The first-order valence-electron chi connectivity index (χ1n) is 7.94. The van der Waals surface area contributed by atoms with Crippen molar-refractivity contribution in [1.29, 1.82) is 0 Å². The highest BCUT2D eigenvalue weighted by Crippen LogP contribution is 2.45. The van der Waals surface area contributed by atoms with Crippen LogP contribution in [0, 0.1) is 0 Å². The van der Waals surface area contributed by atoms with E-state index in [1.807, 2.05) is 6.07 Å². The monoisotopic (exact) mass is 410 g/mol. The number of rotatable bonds is 8. The van der Waals surface area contributed by atoms with Crippen LogP contribution in [0.5, 0.6) is 17.2 Å². The number of unbranched alkanes of at least 4 members (excludes halogenated alkanes) is 1. The first kappa shape index (κ1) is 19.1. The summed E-state index contributed by atoms with van der Waals surface area (Å²) in [5, 5.41) is 0. The number of nitrogens with two attached hydrogens (primary N) is 2. The van der Waals surface area contributed by atoms with Gasteiger partial charge in [-0.3, -0.25) is 0 Å². The number of aromatic nitrogens is 2. The van der Waals surface area contributed by atoms with Crippen molar-refractivity contribution in [3.63, 3.8) is 0 Å². The van der Waals surface area contributed by atoms with Crippen molar-refractivity contribution in [2.45, 2.75) is 26.2 Å². The van der Waals surface area contributed by atoms with Crippen LogP contribution in [0.25, 0.3) is 0 Å². The van der Waals surface area contributed by atoms with E-state index in [0.29, 0.717) is 36.1 Å². The fraction of sp³-hybridized carbons (Fsp3) is 0.412. The van der Waals surface area contributed by atoms with Gasteiger partial charge >= 0.3 is 0 Å². The van der Waals surface area contributed by atoms with Crippen molar-refractivity contribution in [2.24, 2.45) is 0 Å². The first-order valence-corrected chi connectivity index (χ1v) is 8.74. The van der Waals surface area contributed by atoms with Crippen LogP contribution in [-0.4, -0.2) is 30.8 Å². The van der Waals surface area contributed by atoms with Crippen molar-refractivity contribution in [3.8, 4) is 17.2 Å². The molecule has 4 N–H and O–H groups in total. The lowest BCUT2D eigenvalue weighted by atomic mass is 10.1. The van der Waals surface area contributed by atoms with Crippen molar-refractivity contribution in [2.75, 3.05) is 32.3 Å². The number of nitrogen functional groups attached to an aromatic ring is 2. The lowest BCUT2D eigenvalue weighted by Gasteiger charge is -2.18. The summed E-state index contributed by atoms with van der Waals surface area (Å²) >= 11 is 3.59. The molecule has 0 aliphatic rings. The Morgan fingerprint density at radius 1 is 1.12 bits per heavy atom. The highest BCUT2D eigenvalue weighted by molar-refractivity contribution is 9.10. The molecule has 25 heavy (non-hydrogen) atoms. The Morgan fingerprint density at radius 3 is 2.48 bits per heavy atom. The molecule has 1 heterocycles. The van der Waals surface area contributed by atoms with Crippen molar-refractivity contribution in [3.05, 3.63) is 27.9 Å². The molecule has 0 spiro atoms. The number of nitrogens with zero attached hydrogens (tertiary/aromatic N) is 2. The van der Waals surface area contributed by atoms with Crippen LogP contribution in [0.2, 0.25) is 0 Å². The topological polar surface area (TPSA) is 106 Å². The second kappa shape index (κ2) is 8.75. The zero-order valence-corrected chi connectivity index (χ0v) is 16.2. The Bertz CT molecular complexity index is 740. The molecule has 2 rings (SSSR count). The van der Waals surface area contributed by atoms with Gasteiger partial charge in [-0.25, -0.2) is 4.98 Å². The molecule has 0 bridgehead atoms. The van der Waals surface area contributed by atoms with E-state index in [9.17, 15) is 0 Å². The second-order valence-corrected chi connectivity index (χ2v) is 6.22. The number of ether oxygens (including phenoxy) is 3. The summed E-state index contributed by atoms with van der Waals surface area (Å²) in [6, 6.07) is 1.89. The molecule has 0 aliphatic heterocycles. The van der Waals surface area contributed by atoms with Gasteiger partial charge in [-0.2, -0.15) is 4.98 Å². The zero-order valence-electron chi connectivity index (χ0n) is 14.6. The maximum absolute atomic E-state index is 5.94. The van der Waals surface area contributed by atoms with Crippen LogP contribution in [0.1, 0.15) is 30.9 Å². The summed E-state index contributed by atoms with van der Waals surface area (Å²) < 4.78 is 17.7. The fourth-order valence-corrected chi connectivity index (χ4v) is 2.93. The van der Waals surface area contributed by atoms with E-state index < -0.39 is 0 Å². The van der Waals surface area contributed by atoms with Gasteiger partial charge in [0.1, 0.15) is 5.82 Å². The van der Waals surface area contributed by atoms with Crippen molar-refractivity contribution < 1.29 is 14.2 Å². The molecular formula is C17H23BrN4O3. The van der Waals surface area contributed by atoms with Crippen LogP contribution in [-0.2, 0) is 6.42 Å². The third kappa shape index (κ3) is 4.45. The number of hydrogen-bond donors (Lipinski definition) is 2.